The molecule has 6 heteroatoms. The Morgan fingerprint density at radius 2 is 0.792 bits per heavy atom. The van der Waals surface area contributed by atoms with Gasteiger partial charge in [0, 0.05) is 43.8 Å². The van der Waals surface area contributed by atoms with Gasteiger partial charge in [0.2, 0.25) is 0 Å². The van der Waals surface area contributed by atoms with Crippen LogP contribution in [-0.2, 0) is 0 Å². The Bertz CT molecular complexity index is 2270. The van der Waals surface area contributed by atoms with Gasteiger partial charge in [-0.25, -0.2) is 9.97 Å². The molecule has 7 rings (SSSR count). The number of fused-ring (bicyclic) bond motifs is 4. The van der Waals surface area contributed by atoms with Gasteiger partial charge in [0.1, 0.15) is 26.2 Å². The van der Waals surface area contributed by atoms with Crippen LogP contribution >= 0.6 is 22.7 Å². The molecule has 0 saturated carbocycles. The number of aromatic nitrogens is 2. The Balaban J connectivity index is 1.59. The van der Waals surface area contributed by atoms with Crippen molar-refractivity contribution < 1.29 is 0 Å². The van der Waals surface area contributed by atoms with E-state index in [-0.39, 0.29) is 0 Å². The van der Waals surface area contributed by atoms with Crippen LogP contribution in [0.25, 0.3) is 63.1 Å². The predicted molar refractivity (Wildman–Crippen MR) is 218 cm³/mol. The van der Waals surface area contributed by atoms with Crippen LogP contribution in [0.4, 0.5) is 0 Å². The summed E-state index contributed by atoms with van der Waals surface area (Å²) >= 11 is 3.52. The summed E-state index contributed by atoms with van der Waals surface area (Å²) in [5, 5.41) is 6.67. The van der Waals surface area contributed by atoms with Crippen LogP contribution in [0.2, 0.25) is 39.3 Å². The van der Waals surface area contributed by atoms with Gasteiger partial charge in [-0.1, -0.05) is 85.5 Å². The van der Waals surface area contributed by atoms with Crippen molar-refractivity contribution in [3.05, 3.63) is 94.0 Å². The van der Waals surface area contributed by atoms with E-state index in [2.05, 4.69) is 151 Å². The average Bonchev–Trinajstić information content (AvgIpc) is 3.59. The summed E-state index contributed by atoms with van der Waals surface area (Å²) in [6, 6.07) is 22.6. The fourth-order valence-corrected chi connectivity index (χ4v) is 9.23. The molecule has 0 N–H and O–H groups in total. The third-order valence-corrected chi connectivity index (χ3v) is 12.1. The molecular formula is C42H40N2S2Si2. The van der Waals surface area contributed by atoms with Crippen LogP contribution in [0.5, 0.6) is 0 Å². The molecule has 0 unspecified atom stereocenters. The van der Waals surface area contributed by atoms with Crippen molar-refractivity contribution in [2.45, 2.75) is 67.0 Å². The normalized spacial score (nSPS) is 12.0. The van der Waals surface area contributed by atoms with Crippen LogP contribution in [0.15, 0.2) is 60.7 Å². The monoisotopic (exact) mass is 692 g/mol. The first-order valence-electron chi connectivity index (χ1n) is 16.5. The van der Waals surface area contributed by atoms with Gasteiger partial charge in [0.25, 0.3) is 0 Å². The van der Waals surface area contributed by atoms with E-state index in [4.69, 9.17) is 9.97 Å². The van der Waals surface area contributed by atoms with E-state index in [0.29, 0.717) is 0 Å². The molecule has 2 nitrogen and oxygen atoms in total. The highest BCUT2D eigenvalue weighted by Crippen LogP contribution is 2.41. The zero-order chi connectivity index (χ0) is 34.1. The smallest absolute Gasteiger partial charge is 0.129 e. The summed E-state index contributed by atoms with van der Waals surface area (Å²) in [5.41, 5.74) is 19.0. The van der Waals surface area contributed by atoms with Crippen LogP contribution in [0.1, 0.15) is 33.4 Å². The minimum absolute atomic E-state index is 1.01. The van der Waals surface area contributed by atoms with Crippen molar-refractivity contribution >= 4 is 80.8 Å². The Kier molecular flexibility index (Phi) is 8.01. The zero-order valence-electron chi connectivity index (χ0n) is 29.5. The molecule has 7 aromatic rings. The van der Waals surface area contributed by atoms with Gasteiger partial charge in [-0.15, -0.1) is 33.8 Å². The first kappa shape index (κ1) is 32.5. The first-order chi connectivity index (χ1) is 22.6. The summed E-state index contributed by atoms with van der Waals surface area (Å²) in [7, 11) is -3.37. The predicted octanol–water partition coefficient (Wildman–Crippen LogP) is 12.2. The van der Waals surface area contributed by atoms with Crippen LogP contribution in [-0.4, -0.2) is 26.1 Å². The molecule has 0 spiro atoms. The molecule has 48 heavy (non-hydrogen) atoms. The summed E-state index contributed by atoms with van der Waals surface area (Å²) in [5.74, 6) is 7.48. The molecule has 0 aliphatic heterocycles. The first-order valence-corrected chi connectivity index (χ1v) is 25.1. The van der Waals surface area contributed by atoms with Crippen LogP contribution in [0, 0.1) is 50.6 Å². The molecular weight excluding hydrogens is 653 g/mol. The van der Waals surface area contributed by atoms with Crippen molar-refractivity contribution in [3.8, 4) is 44.1 Å². The highest BCUT2D eigenvalue weighted by molar-refractivity contribution is 7.22. The summed E-state index contributed by atoms with van der Waals surface area (Å²) < 4.78 is 2.34. The molecule has 0 fully saturated rings. The highest BCUT2D eigenvalue weighted by atomic mass is 32.1. The molecule has 0 amide bonds. The van der Waals surface area contributed by atoms with Crippen LogP contribution < -0.4 is 0 Å². The van der Waals surface area contributed by atoms with Crippen LogP contribution in [0.3, 0.4) is 0 Å². The van der Waals surface area contributed by atoms with E-state index >= 15 is 0 Å². The van der Waals surface area contributed by atoms with Crippen molar-refractivity contribution in [1.82, 2.24) is 9.97 Å². The van der Waals surface area contributed by atoms with E-state index in [1.54, 1.807) is 22.7 Å². The van der Waals surface area contributed by atoms with E-state index < -0.39 is 16.1 Å². The Morgan fingerprint density at radius 3 is 1.12 bits per heavy atom. The lowest BCUT2D eigenvalue weighted by molar-refractivity contribution is 1.37. The summed E-state index contributed by atoms with van der Waals surface area (Å²) in [4.78, 5) is 10.4. The number of aryl methyl sites for hydroxylation is 4. The zero-order valence-corrected chi connectivity index (χ0v) is 33.1. The standard InChI is InChI=1S/C42H40N2S2Si2/c1-25-15-26(2)18-29(17-25)41-43-37-21-33-31(11-13-47(5,6)7)36-24-40-38(44-42(46-40)30-19-27(3)16-28(4)20-30)22-34(36)32(12-14-48(8,9)10)35(33)23-39(37)45-41/h15-24H,1-10H3. The molecule has 0 atom stereocenters. The number of hydrogen-bond acceptors (Lipinski definition) is 4. The Morgan fingerprint density at radius 1 is 0.458 bits per heavy atom. The molecule has 0 radical (unpaired) electrons. The quantitative estimate of drug-likeness (QED) is 0.102. The number of rotatable bonds is 2. The SMILES string of the molecule is Cc1cc(C)cc(-c2nc3cc4c(C#C[Si](C)(C)C)c5cc6sc(-c7cc(C)cc(C)c7)nc6cc5c(C#C[Si](C)(C)C)c4cc3s2)c1. The topological polar surface area (TPSA) is 25.8 Å². The summed E-state index contributed by atoms with van der Waals surface area (Å²) in [6.07, 6.45) is 0. The van der Waals surface area contributed by atoms with Gasteiger partial charge in [-0.3, -0.25) is 0 Å². The van der Waals surface area contributed by atoms with Gasteiger partial charge in [0.05, 0.1) is 20.4 Å². The molecule has 2 heterocycles. The van der Waals surface area contributed by atoms with Crippen molar-refractivity contribution in [1.29, 1.82) is 0 Å². The number of benzene rings is 5. The molecule has 0 aliphatic carbocycles. The number of nitrogens with zero attached hydrogens (tertiary/aromatic N) is 2. The lowest BCUT2D eigenvalue weighted by atomic mass is 9.92. The van der Waals surface area contributed by atoms with Gasteiger partial charge >= 0.3 is 0 Å². The van der Waals surface area contributed by atoms with Gasteiger partial charge < -0.3 is 0 Å². The molecule has 238 valence electrons. The second-order valence-corrected chi connectivity index (χ2v) is 26.8. The Labute approximate surface area is 294 Å². The fraction of sp³-hybridized carbons (Fsp3) is 0.238. The van der Waals surface area contributed by atoms with Crippen molar-refractivity contribution in [3.63, 3.8) is 0 Å². The maximum Gasteiger partial charge on any atom is 0.129 e. The molecule has 0 aliphatic rings. The maximum absolute atomic E-state index is 5.20. The summed E-state index contributed by atoms with van der Waals surface area (Å²) in [6.45, 7) is 22.5. The van der Waals surface area contributed by atoms with Gasteiger partial charge in [-0.2, -0.15) is 0 Å². The second-order valence-electron chi connectivity index (χ2n) is 15.3. The van der Waals surface area contributed by atoms with E-state index in [9.17, 15) is 0 Å². The van der Waals surface area contributed by atoms with E-state index in [1.807, 2.05) is 0 Å². The van der Waals surface area contributed by atoms with Crippen molar-refractivity contribution in [2.24, 2.45) is 0 Å². The van der Waals surface area contributed by atoms with Gasteiger partial charge in [0.15, 0.2) is 0 Å². The average molecular weight is 693 g/mol. The second kappa shape index (κ2) is 11.8. The lowest BCUT2D eigenvalue weighted by Gasteiger charge is -2.13. The third kappa shape index (κ3) is 6.51. The van der Waals surface area contributed by atoms with E-state index in [0.717, 1.165) is 53.7 Å². The Hall–Kier alpha value is -4.05. The third-order valence-electron chi connectivity index (χ3n) is 8.20. The lowest BCUT2D eigenvalue weighted by Crippen LogP contribution is -2.16. The molecule has 5 aromatic carbocycles. The highest BCUT2D eigenvalue weighted by Gasteiger charge is 2.20. The molecule has 0 bridgehead atoms. The van der Waals surface area contributed by atoms with Crippen molar-refractivity contribution in [2.75, 3.05) is 0 Å². The van der Waals surface area contributed by atoms with E-state index in [1.165, 1.54) is 42.8 Å². The van der Waals surface area contributed by atoms with Gasteiger partial charge in [-0.05, 0) is 76.2 Å². The largest absolute Gasteiger partial charge is 0.236 e. The molecule has 2 aromatic heterocycles. The number of thiazole rings is 2. The molecule has 0 saturated heterocycles. The number of hydrogen-bond donors (Lipinski definition) is 0. The maximum atomic E-state index is 5.20. The minimum Gasteiger partial charge on any atom is -0.236 e. The minimum atomic E-state index is -1.68. The fourth-order valence-electron chi connectivity index (χ4n) is 6.28.